The minimum Gasteiger partial charge on any atom is -0.469 e. The molecular formula is C21H25N5O2S. The van der Waals surface area contributed by atoms with Crippen molar-refractivity contribution in [2.24, 2.45) is 7.05 Å². The van der Waals surface area contributed by atoms with E-state index in [9.17, 15) is 4.79 Å². The Bertz CT molecular complexity index is 976. The van der Waals surface area contributed by atoms with E-state index in [0.717, 1.165) is 48.5 Å². The first kappa shape index (κ1) is 19.6. The molecule has 0 N–H and O–H groups in total. The number of amides is 1. The third-order valence-electron chi connectivity index (χ3n) is 5.28. The Morgan fingerprint density at radius 3 is 2.48 bits per heavy atom. The van der Waals surface area contributed by atoms with Crippen molar-refractivity contribution in [3.8, 4) is 11.4 Å². The highest BCUT2D eigenvalue weighted by Gasteiger charge is 2.27. The van der Waals surface area contributed by atoms with Crippen molar-refractivity contribution in [1.29, 1.82) is 0 Å². The number of benzene rings is 1. The van der Waals surface area contributed by atoms with E-state index in [1.165, 1.54) is 17.4 Å². The highest BCUT2D eigenvalue weighted by Crippen LogP contribution is 2.28. The molecule has 0 spiro atoms. The quantitative estimate of drug-likeness (QED) is 0.601. The molecule has 0 bridgehead atoms. The summed E-state index contributed by atoms with van der Waals surface area (Å²) in [5.74, 6) is 1.69. The van der Waals surface area contributed by atoms with Gasteiger partial charge in [-0.15, -0.1) is 10.2 Å². The first-order valence-corrected chi connectivity index (χ1v) is 10.6. The zero-order valence-electron chi connectivity index (χ0n) is 16.9. The van der Waals surface area contributed by atoms with Crippen LogP contribution in [0.4, 0.5) is 5.69 Å². The zero-order chi connectivity index (χ0) is 20.4. The van der Waals surface area contributed by atoms with E-state index in [0.29, 0.717) is 0 Å². The van der Waals surface area contributed by atoms with Crippen LogP contribution in [0.1, 0.15) is 12.7 Å². The molecule has 4 rings (SSSR count). The van der Waals surface area contributed by atoms with Gasteiger partial charge in [-0.05, 0) is 32.0 Å². The van der Waals surface area contributed by atoms with Crippen LogP contribution in [0.15, 0.2) is 52.2 Å². The second-order valence-corrected chi connectivity index (χ2v) is 8.47. The molecule has 1 atom stereocenters. The molecule has 2 aromatic heterocycles. The van der Waals surface area contributed by atoms with E-state index in [1.807, 2.05) is 54.6 Å². The average Bonchev–Trinajstić information content (AvgIpc) is 3.33. The third kappa shape index (κ3) is 4.03. The lowest BCUT2D eigenvalue weighted by molar-refractivity contribution is -0.130. The lowest BCUT2D eigenvalue weighted by Crippen LogP contribution is -2.50. The summed E-state index contributed by atoms with van der Waals surface area (Å²) in [5.41, 5.74) is 2.13. The molecule has 1 aliphatic rings. The lowest BCUT2D eigenvalue weighted by Gasteiger charge is -2.37. The average molecular weight is 412 g/mol. The van der Waals surface area contributed by atoms with Crippen molar-refractivity contribution in [2.45, 2.75) is 24.3 Å². The summed E-state index contributed by atoms with van der Waals surface area (Å²) < 4.78 is 7.29. The molecule has 0 saturated carbocycles. The fourth-order valence-corrected chi connectivity index (χ4v) is 4.46. The van der Waals surface area contributed by atoms with Crippen molar-refractivity contribution in [1.82, 2.24) is 19.7 Å². The van der Waals surface area contributed by atoms with Gasteiger partial charge in [0.2, 0.25) is 5.91 Å². The largest absolute Gasteiger partial charge is 0.469 e. The molecule has 1 amide bonds. The Labute approximate surface area is 174 Å². The number of hydrogen-bond acceptors (Lipinski definition) is 6. The lowest BCUT2D eigenvalue weighted by atomic mass is 10.2. The summed E-state index contributed by atoms with van der Waals surface area (Å²) in [6.45, 7) is 7.00. The Morgan fingerprint density at radius 1 is 1.10 bits per heavy atom. The number of hydrogen-bond donors (Lipinski definition) is 0. The van der Waals surface area contributed by atoms with Crippen LogP contribution in [-0.4, -0.2) is 57.0 Å². The maximum absolute atomic E-state index is 13.0. The van der Waals surface area contributed by atoms with Crippen LogP contribution >= 0.6 is 11.8 Å². The Hall–Kier alpha value is -2.74. The van der Waals surface area contributed by atoms with Crippen molar-refractivity contribution in [2.75, 3.05) is 31.1 Å². The molecule has 29 heavy (non-hydrogen) atoms. The Balaban J connectivity index is 1.37. The summed E-state index contributed by atoms with van der Waals surface area (Å²) in [5, 5.41) is 9.08. The van der Waals surface area contributed by atoms with Crippen LogP contribution in [0, 0.1) is 6.92 Å². The number of nitrogens with zero attached hydrogens (tertiary/aromatic N) is 5. The first-order valence-electron chi connectivity index (χ1n) is 9.74. The van der Waals surface area contributed by atoms with Gasteiger partial charge in [0.05, 0.1) is 17.1 Å². The minimum absolute atomic E-state index is 0.145. The molecule has 0 unspecified atom stereocenters. The second-order valence-electron chi connectivity index (χ2n) is 7.16. The standard InChI is InChI=1S/C21H25N5O2S/c1-15-18(9-14-28-15)19-22-23-21(24(19)3)29-16(2)20(27)26-12-10-25(11-13-26)17-7-5-4-6-8-17/h4-9,14,16H,10-13H2,1-3H3/t16-/m0/s1. The number of piperazine rings is 1. The molecular weight excluding hydrogens is 386 g/mol. The molecule has 1 fully saturated rings. The van der Waals surface area contributed by atoms with Gasteiger partial charge in [-0.3, -0.25) is 4.79 Å². The molecule has 3 heterocycles. The van der Waals surface area contributed by atoms with Crippen LogP contribution in [0.3, 0.4) is 0 Å². The topological polar surface area (TPSA) is 67.4 Å². The van der Waals surface area contributed by atoms with Gasteiger partial charge in [-0.25, -0.2) is 0 Å². The van der Waals surface area contributed by atoms with Gasteiger partial charge >= 0.3 is 0 Å². The summed E-state index contributed by atoms with van der Waals surface area (Å²) in [4.78, 5) is 17.2. The summed E-state index contributed by atoms with van der Waals surface area (Å²) in [6, 6.07) is 12.2. The fraction of sp³-hybridized carbons (Fsp3) is 0.381. The van der Waals surface area contributed by atoms with Gasteiger partial charge in [-0.1, -0.05) is 30.0 Å². The minimum atomic E-state index is -0.223. The van der Waals surface area contributed by atoms with Crippen LogP contribution in [0.5, 0.6) is 0 Å². The molecule has 1 saturated heterocycles. The Morgan fingerprint density at radius 2 is 1.83 bits per heavy atom. The predicted octanol–water partition coefficient (Wildman–Crippen LogP) is 3.21. The number of rotatable bonds is 5. The van der Waals surface area contributed by atoms with Crippen LogP contribution in [0.25, 0.3) is 11.4 Å². The maximum Gasteiger partial charge on any atom is 0.236 e. The first-order chi connectivity index (χ1) is 14.0. The number of aromatic nitrogens is 3. The summed E-state index contributed by atoms with van der Waals surface area (Å²) in [7, 11) is 1.92. The number of thioether (sulfide) groups is 1. The van der Waals surface area contributed by atoms with Crippen molar-refractivity contribution >= 4 is 23.4 Å². The molecule has 3 aromatic rings. The Kier molecular flexibility index (Phi) is 5.62. The van der Waals surface area contributed by atoms with E-state index in [4.69, 9.17) is 4.42 Å². The van der Waals surface area contributed by atoms with E-state index in [1.54, 1.807) is 6.26 Å². The molecule has 152 valence electrons. The molecule has 0 aliphatic carbocycles. The number of para-hydroxylation sites is 1. The molecule has 8 heteroatoms. The summed E-state index contributed by atoms with van der Waals surface area (Å²) in [6.07, 6.45) is 1.65. The maximum atomic E-state index is 13.0. The van der Waals surface area contributed by atoms with E-state index in [-0.39, 0.29) is 11.2 Å². The van der Waals surface area contributed by atoms with Gasteiger partial charge in [0.25, 0.3) is 0 Å². The molecule has 1 aromatic carbocycles. The van der Waals surface area contributed by atoms with Crippen molar-refractivity contribution in [3.05, 3.63) is 48.4 Å². The van der Waals surface area contributed by atoms with Crippen LogP contribution < -0.4 is 4.90 Å². The zero-order valence-corrected chi connectivity index (χ0v) is 17.7. The summed E-state index contributed by atoms with van der Waals surface area (Å²) >= 11 is 1.45. The SMILES string of the molecule is Cc1occc1-c1nnc(S[C@@H](C)C(=O)N2CCN(c3ccccc3)CC2)n1C. The third-order valence-corrected chi connectivity index (χ3v) is 6.40. The normalized spacial score (nSPS) is 15.6. The van der Waals surface area contributed by atoms with Gasteiger partial charge in [-0.2, -0.15) is 0 Å². The van der Waals surface area contributed by atoms with Crippen molar-refractivity contribution < 1.29 is 9.21 Å². The monoisotopic (exact) mass is 411 g/mol. The van der Waals surface area contributed by atoms with Gasteiger partial charge in [0, 0.05) is 38.9 Å². The molecule has 1 aliphatic heterocycles. The number of anilines is 1. The number of carbonyl (C=O) groups excluding carboxylic acids is 1. The predicted molar refractivity (Wildman–Crippen MR) is 114 cm³/mol. The highest BCUT2D eigenvalue weighted by atomic mass is 32.2. The van der Waals surface area contributed by atoms with Crippen LogP contribution in [0.2, 0.25) is 0 Å². The second kappa shape index (κ2) is 8.32. The molecule has 7 nitrogen and oxygen atoms in total. The van der Waals surface area contributed by atoms with Crippen molar-refractivity contribution in [3.63, 3.8) is 0 Å². The smallest absolute Gasteiger partial charge is 0.236 e. The van der Waals surface area contributed by atoms with E-state index >= 15 is 0 Å². The highest BCUT2D eigenvalue weighted by molar-refractivity contribution is 8.00. The van der Waals surface area contributed by atoms with E-state index < -0.39 is 0 Å². The number of aryl methyl sites for hydroxylation is 1. The fourth-order valence-electron chi connectivity index (χ4n) is 3.56. The number of furan rings is 1. The van der Waals surface area contributed by atoms with Gasteiger partial charge in [0.1, 0.15) is 5.76 Å². The van der Waals surface area contributed by atoms with Gasteiger partial charge < -0.3 is 18.8 Å². The van der Waals surface area contributed by atoms with Gasteiger partial charge in [0.15, 0.2) is 11.0 Å². The molecule has 0 radical (unpaired) electrons. The number of carbonyl (C=O) groups is 1. The van der Waals surface area contributed by atoms with E-state index in [2.05, 4.69) is 27.2 Å². The van der Waals surface area contributed by atoms with Crippen LogP contribution in [-0.2, 0) is 11.8 Å².